The highest BCUT2D eigenvalue weighted by Gasteiger charge is 2.27. The van der Waals surface area contributed by atoms with Crippen LogP contribution < -0.4 is 4.90 Å². The molecule has 0 unspecified atom stereocenters. The first-order valence-electron chi connectivity index (χ1n) is 18.4. The molecule has 55 heavy (non-hydrogen) atoms. The lowest BCUT2D eigenvalue weighted by Crippen LogP contribution is -2.12. The predicted molar refractivity (Wildman–Crippen MR) is 229 cm³/mol. The lowest BCUT2D eigenvalue weighted by molar-refractivity contribution is 0.622. The normalized spacial score (nSPS) is 12.0. The SMILES string of the molecule is c1ccc(-c2nc3ccc4oc5c(N(c6cccc7sc8ccccc8c67)c6cccc7c8ccccc8n(-c8ccccc8)c67)cccc5c4c3o2)cc1. The number of furan rings is 1. The Bertz CT molecular complexity index is 3450. The van der Waals surface area contributed by atoms with Crippen LogP contribution in [0.2, 0.25) is 0 Å². The van der Waals surface area contributed by atoms with Crippen molar-refractivity contribution in [2.24, 2.45) is 0 Å². The first-order valence-corrected chi connectivity index (χ1v) is 19.2. The summed E-state index contributed by atoms with van der Waals surface area (Å²) in [7, 11) is 0. The maximum atomic E-state index is 6.96. The van der Waals surface area contributed by atoms with Gasteiger partial charge in [-0.3, -0.25) is 0 Å². The Morgan fingerprint density at radius 1 is 0.473 bits per heavy atom. The Morgan fingerprint density at radius 3 is 2.02 bits per heavy atom. The fraction of sp³-hybridized carbons (Fsp3) is 0. The molecule has 12 aromatic rings. The van der Waals surface area contributed by atoms with Crippen molar-refractivity contribution in [1.29, 1.82) is 0 Å². The maximum Gasteiger partial charge on any atom is 0.227 e. The van der Waals surface area contributed by atoms with Crippen LogP contribution >= 0.6 is 11.3 Å². The molecule has 0 saturated carbocycles. The van der Waals surface area contributed by atoms with E-state index in [2.05, 4.69) is 143 Å². The molecule has 4 heterocycles. The van der Waals surface area contributed by atoms with E-state index in [0.29, 0.717) is 5.89 Å². The van der Waals surface area contributed by atoms with Crippen LogP contribution in [0.25, 0.3) is 92.2 Å². The fourth-order valence-electron chi connectivity index (χ4n) is 8.49. The molecule has 0 atom stereocenters. The number of fused-ring (bicyclic) bond motifs is 11. The van der Waals surface area contributed by atoms with Crippen LogP contribution in [0.15, 0.2) is 185 Å². The zero-order chi connectivity index (χ0) is 36.0. The Balaban J connectivity index is 1.21. The summed E-state index contributed by atoms with van der Waals surface area (Å²) in [6.07, 6.45) is 0. The van der Waals surface area contributed by atoms with Gasteiger partial charge in [-0.05, 0) is 72.8 Å². The van der Waals surface area contributed by atoms with Crippen LogP contribution in [0.4, 0.5) is 17.1 Å². The number of hydrogen-bond donors (Lipinski definition) is 0. The number of hydrogen-bond acceptors (Lipinski definition) is 5. The molecule has 0 aliphatic carbocycles. The highest BCUT2D eigenvalue weighted by Crippen LogP contribution is 2.50. The molecule has 0 radical (unpaired) electrons. The maximum absolute atomic E-state index is 6.96. The highest BCUT2D eigenvalue weighted by atomic mass is 32.1. The van der Waals surface area contributed by atoms with Crippen molar-refractivity contribution in [3.63, 3.8) is 0 Å². The van der Waals surface area contributed by atoms with Gasteiger partial charge in [-0.1, -0.05) is 103 Å². The summed E-state index contributed by atoms with van der Waals surface area (Å²) in [5.74, 6) is 0.590. The summed E-state index contributed by atoms with van der Waals surface area (Å²) in [6, 6.07) is 61.9. The average Bonchev–Trinajstić information content (AvgIpc) is 4.02. The number of anilines is 3. The monoisotopic (exact) mass is 723 g/mol. The van der Waals surface area contributed by atoms with Crippen molar-refractivity contribution in [1.82, 2.24) is 9.55 Å². The lowest BCUT2D eigenvalue weighted by atomic mass is 10.1. The number of nitrogens with zero attached hydrogens (tertiary/aromatic N) is 3. The van der Waals surface area contributed by atoms with E-state index < -0.39 is 0 Å². The molecule has 0 saturated heterocycles. The largest absolute Gasteiger partial charge is 0.454 e. The van der Waals surface area contributed by atoms with Gasteiger partial charge >= 0.3 is 0 Å². The van der Waals surface area contributed by atoms with Crippen molar-refractivity contribution in [2.75, 3.05) is 4.90 Å². The molecular weight excluding hydrogens is 695 g/mol. The second-order valence-electron chi connectivity index (χ2n) is 13.9. The third kappa shape index (κ3) is 4.43. The molecule has 8 aromatic carbocycles. The number of benzene rings is 8. The van der Waals surface area contributed by atoms with E-state index in [1.54, 1.807) is 0 Å². The molecule has 5 nitrogen and oxygen atoms in total. The van der Waals surface area contributed by atoms with E-state index in [1.807, 2.05) is 53.8 Å². The van der Waals surface area contributed by atoms with E-state index in [1.165, 1.54) is 30.9 Å². The minimum Gasteiger partial charge on any atom is -0.454 e. The molecule has 6 heteroatoms. The Morgan fingerprint density at radius 2 is 1.15 bits per heavy atom. The Labute approximate surface area is 318 Å². The van der Waals surface area contributed by atoms with E-state index in [-0.39, 0.29) is 0 Å². The second-order valence-corrected chi connectivity index (χ2v) is 15.0. The summed E-state index contributed by atoms with van der Waals surface area (Å²) < 4.78 is 18.4. The average molecular weight is 724 g/mol. The number of oxazole rings is 1. The van der Waals surface area contributed by atoms with Gasteiger partial charge in [0.2, 0.25) is 5.89 Å². The van der Waals surface area contributed by atoms with Crippen molar-refractivity contribution in [3.8, 4) is 17.1 Å². The van der Waals surface area contributed by atoms with Gasteiger partial charge in [0.25, 0.3) is 0 Å². The van der Waals surface area contributed by atoms with Crippen LogP contribution in [0.3, 0.4) is 0 Å². The molecule has 0 bridgehead atoms. The van der Waals surface area contributed by atoms with E-state index in [9.17, 15) is 0 Å². The van der Waals surface area contributed by atoms with Crippen LogP contribution in [0.1, 0.15) is 0 Å². The molecule has 0 amide bonds. The number of rotatable bonds is 5. The van der Waals surface area contributed by atoms with E-state index >= 15 is 0 Å². The molecule has 0 spiro atoms. The van der Waals surface area contributed by atoms with Gasteiger partial charge in [0, 0.05) is 47.6 Å². The second kappa shape index (κ2) is 11.7. The van der Waals surface area contributed by atoms with Crippen molar-refractivity contribution in [2.45, 2.75) is 0 Å². The first-order chi connectivity index (χ1) is 27.3. The minimum absolute atomic E-state index is 0.590. The first kappa shape index (κ1) is 30.3. The van der Waals surface area contributed by atoms with Gasteiger partial charge in [-0.2, -0.15) is 0 Å². The van der Waals surface area contributed by atoms with Crippen LogP contribution in [0, 0.1) is 0 Å². The summed E-state index contributed by atoms with van der Waals surface area (Å²) in [6.45, 7) is 0. The Hall–Kier alpha value is -7.15. The topological polar surface area (TPSA) is 47.3 Å². The van der Waals surface area contributed by atoms with Crippen molar-refractivity contribution in [3.05, 3.63) is 176 Å². The molecule has 4 aromatic heterocycles. The van der Waals surface area contributed by atoms with Crippen LogP contribution in [-0.4, -0.2) is 9.55 Å². The zero-order valence-corrected chi connectivity index (χ0v) is 30.1. The quantitative estimate of drug-likeness (QED) is 0.177. The number of aromatic nitrogens is 2. The van der Waals surface area contributed by atoms with Gasteiger partial charge in [0.15, 0.2) is 11.2 Å². The van der Waals surface area contributed by atoms with Gasteiger partial charge in [-0.25, -0.2) is 4.98 Å². The van der Waals surface area contributed by atoms with E-state index in [4.69, 9.17) is 13.8 Å². The Kier molecular flexibility index (Phi) is 6.44. The fourth-order valence-corrected chi connectivity index (χ4v) is 9.62. The van der Waals surface area contributed by atoms with Gasteiger partial charge in [-0.15, -0.1) is 11.3 Å². The standard InChI is InChI=1S/C49H29N3O2S/c1-3-14-30(15-4-1)49-50-36-28-29-41-45(48(36)54-49)35-21-12-25-40(47(35)53-41)52(38-23-13-27-43-44(38)34-19-8-10-26-42(34)55-43)39-24-11-20-33-32-18-7-9-22-37(32)51(46(33)39)31-16-5-2-6-17-31/h1-29H. The van der Waals surface area contributed by atoms with E-state index in [0.717, 1.165) is 72.4 Å². The zero-order valence-electron chi connectivity index (χ0n) is 29.3. The molecule has 0 aliphatic rings. The highest BCUT2D eigenvalue weighted by molar-refractivity contribution is 7.26. The summed E-state index contributed by atoms with van der Waals surface area (Å²) in [5, 5.41) is 6.70. The lowest BCUT2D eigenvalue weighted by Gasteiger charge is -2.28. The third-order valence-corrected chi connectivity index (χ3v) is 11.9. The third-order valence-electron chi connectivity index (χ3n) is 10.8. The molecule has 0 N–H and O–H groups in total. The van der Waals surface area contributed by atoms with Gasteiger partial charge in [0.1, 0.15) is 11.1 Å². The molecule has 0 aliphatic heterocycles. The summed E-state index contributed by atoms with van der Waals surface area (Å²) >= 11 is 1.83. The summed E-state index contributed by atoms with van der Waals surface area (Å²) in [4.78, 5) is 7.32. The van der Waals surface area contributed by atoms with Crippen LogP contribution in [0.5, 0.6) is 0 Å². The molecular formula is C49H29N3O2S. The smallest absolute Gasteiger partial charge is 0.227 e. The summed E-state index contributed by atoms with van der Waals surface area (Å²) in [5.41, 5.74) is 10.4. The van der Waals surface area contributed by atoms with Crippen molar-refractivity contribution < 1.29 is 8.83 Å². The van der Waals surface area contributed by atoms with Gasteiger partial charge in [0.05, 0.1) is 33.5 Å². The van der Waals surface area contributed by atoms with Crippen molar-refractivity contribution >= 4 is 103 Å². The van der Waals surface area contributed by atoms with Crippen LogP contribution in [-0.2, 0) is 0 Å². The predicted octanol–water partition coefficient (Wildman–Crippen LogP) is 14.3. The number of thiophene rings is 1. The minimum atomic E-state index is 0.590. The molecule has 0 fully saturated rings. The van der Waals surface area contributed by atoms with Gasteiger partial charge < -0.3 is 18.3 Å². The molecule has 258 valence electrons. The molecule has 12 rings (SSSR count). The number of para-hydroxylation sites is 4.